The van der Waals surface area contributed by atoms with Gasteiger partial charge in [-0.05, 0) is 12.1 Å². The molecule has 1 N–H and O–H groups in total. The van der Waals surface area contributed by atoms with E-state index < -0.39 is 5.91 Å². The van der Waals surface area contributed by atoms with Crippen molar-refractivity contribution in [2.75, 3.05) is 0 Å². The first-order valence-corrected chi connectivity index (χ1v) is 3.92. The number of carbonyl (C=O) groups excluding carboxylic acids is 1. The van der Waals surface area contributed by atoms with Gasteiger partial charge in [-0.1, -0.05) is 23.2 Å². The number of halogens is 2. The first-order chi connectivity index (χ1) is 6.15. The highest BCUT2D eigenvalue weighted by atomic mass is 35.5. The summed E-state index contributed by atoms with van der Waals surface area (Å²) in [5.41, 5.74) is 0.118. The molecule has 0 radical (unpaired) electrons. The lowest BCUT2D eigenvalue weighted by Gasteiger charge is -1.99. The molecule has 1 aromatic rings. The van der Waals surface area contributed by atoms with Crippen LogP contribution in [0, 0.1) is 11.5 Å². The fraction of sp³-hybridized carbons (Fsp3) is 0. The largest absolute Gasteiger partial charge is 0.268 e. The zero-order valence-electron chi connectivity index (χ0n) is 6.21. The van der Waals surface area contributed by atoms with Crippen molar-refractivity contribution >= 4 is 29.1 Å². The third-order valence-corrected chi connectivity index (χ3v) is 1.73. The van der Waals surface area contributed by atoms with E-state index in [1.54, 1.807) is 0 Å². The maximum Gasteiger partial charge on any atom is 0.267 e. The van der Waals surface area contributed by atoms with Gasteiger partial charge >= 0.3 is 0 Å². The van der Waals surface area contributed by atoms with Crippen molar-refractivity contribution in [3.05, 3.63) is 28.0 Å². The second-order valence-electron chi connectivity index (χ2n) is 2.04. The highest BCUT2D eigenvalue weighted by Gasteiger charge is 2.10. The van der Waals surface area contributed by atoms with Crippen LogP contribution in [0.2, 0.25) is 10.3 Å². The van der Waals surface area contributed by atoms with Crippen LogP contribution in [0.3, 0.4) is 0 Å². The summed E-state index contributed by atoms with van der Waals surface area (Å²) in [6.07, 6.45) is 1.49. The second-order valence-corrected chi connectivity index (χ2v) is 2.78. The van der Waals surface area contributed by atoms with Crippen molar-refractivity contribution in [2.24, 2.45) is 0 Å². The van der Waals surface area contributed by atoms with Gasteiger partial charge in [-0.2, -0.15) is 5.26 Å². The molecule has 6 heteroatoms. The normalized spacial score (nSPS) is 9.00. The summed E-state index contributed by atoms with van der Waals surface area (Å²) >= 11 is 11.1. The van der Waals surface area contributed by atoms with Crippen LogP contribution in [0.25, 0.3) is 0 Å². The summed E-state index contributed by atoms with van der Waals surface area (Å²) in [6, 6.07) is 2.81. The average molecular weight is 216 g/mol. The smallest absolute Gasteiger partial charge is 0.267 e. The molecule has 1 aromatic heterocycles. The van der Waals surface area contributed by atoms with Crippen molar-refractivity contribution < 1.29 is 4.79 Å². The predicted octanol–water partition coefficient (Wildman–Crippen LogP) is 1.60. The van der Waals surface area contributed by atoms with Gasteiger partial charge in [0, 0.05) is 0 Å². The van der Waals surface area contributed by atoms with Gasteiger partial charge in [-0.15, -0.1) is 0 Å². The predicted molar refractivity (Wildman–Crippen MR) is 47.3 cm³/mol. The molecule has 0 unspecified atom stereocenters. The number of nitrogens with zero attached hydrogens (tertiary/aromatic N) is 2. The van der Waals surface area contributed by atoms with E-state index in [1.807, 2.05) is 5.32 Å². The van der Waals surface area contributed by atoms with Crippen molar-refractivity contribution in [3.8, 4) is 6.19 Å². The molecule has 1 rings (SSSR count). The molecule has 0 aromatic carbocycles. The van der Waals surface area contributed by atoms with Gasteiger partial charge in [-0.25, -0.2) is 4.98 Å². The minimum atomic E-state index is -0.600. The Morgan fingerprint density at radius 3 is 2.77 bits per heavy atom. The fourth-order valence-electron chi connectivity index (χ4n) is 0.700. The van der Waals surface area contributed by atoms with Gasteiger partial charge in [0.2, 0.25) is 0 Å². The number of hydrogen-bond acceptors (Lipinski definition) is 3. The Labute approximate surface area is 84.1 Å². The number of pyridine rings is 1. The zero-order valence-corrected chi connectivity index (χ0v) is 7.73. The van der Waals surface area contributed by atoms with Gasteiger partial charge < -0.3 is 0 Å². The molecular formula is C7H3Cl2N3O. The lowest BCUT2D eigenvalue weighted by atomic mass is 10.3. The molecule has 0 atom stereocenters. The highest BCUT2D eigenvalue weighted by molar-refractivity contribution is 6.34. The molecule has 4 nitrogen and oxygen atoms in total. The maximum absolute atomic E-state index is 11.1. The Bertz CT molecular complexity index is 386. The summed E-state index contributed by atoms with van der Waals surface area (Å²) in [5.74, 6) is -0.600. The van der Waals surface area contributed by atoms with Crippen molar-refractivity contribution in [1.29, 1.82) is 5.26 Å². The van der Waals surface area contributed by atoms with E-state index in [4.69, 9.17) is 28.5 Å². The molecule has 0 spiro atoms. The van der Waals surface area contributed by atoms with Crippen LogP contribution >= 0.6 is 23.2 Å². The zero-order chi connectivity index (χ0) is 9.84. The summed E-state index contributed by atoms with van der Waals surface area (Å²) in [6.45, 7) is 0. The first kappa shape index (κ1) is 9.78. The van der Waals surface area contributed by atoms with Crippen LogP contribution in [-0.4, -0.2) is 10.9 Å². The molecule has 0 aliphatic carbocycles. The van der Waals surface area contributed by atoms with Crippen molar-refractivity contribution in [3.63, 3.8) is 0 Å². The van der Waals surface area contributed by atoms with Crippen LogP contribution in [0.5, 0.6) is 0 Å². The van der Waals surface area contributed by atoms with E-state index in [9.17, 15) is 4.79 Å². The molecule has 1 amide bonds. The van der Waals surface area contributed by atoms with Crippen LogP contribution in [-0.2, 0) is 0 Å². The topological polar surface area (TPSA) is 65.8 Å². The van der Waals surface area contributed by atoms with E-state index in [0.717, 1.165) is 0 Å². The van der Waals surface area contributed by atoms with Crippen LogP contribution in [0.1, 0.15) is 10.4 Å². The number of aromatic nitrogens is 1. The van der Waals surface area contributed by atoms with E-state index in [1.165, 1.54) is 18.3 Å². The number of carbonyl (C=O) groups is 1. The first-order valence-electron chi connectivity index (χ1n) is 3.16. The Morgan fingerprint density at radius 2 is 2.23 bits per heavy atom. The third kappa shape index (κ3) is 2.31. The molecule has 0 fully saturated rings. The number of nitrogens with one attached hydrogen (secondary N) is 1. The number of amides is 1. The lowest BCUT2D eigenvalue weighted by molar-refractivity contribution is 0.0972. The molecule has 0 saturated heterocycles. The molecule has 0 bridgehead atoms. The Kier molecular flexibility index (Phi) is 3.07. The Morgan fingerprint density at radius 1 is 1.54 bits per heavy atom. The quantitative estimate of drug-likeness (QED) is 0.440. The van der Waals surface area contributed by atoms with Crippen LogP contribution in [0.4, 0.5) is 0 Å². The van der Waals surface area contributed by atoms with Gasteiger partial charge in [0.1, 0.15) is 10.3 Å². The average Bonchev–Trinajstić information content (AvgIpc) is 2.04. The summed E-state index contributed by atoms with van der Waals surface area (Å²) in [5, 5.41) is 10.3. The maximum atomic E-state index is 11.1. The third-order valence-electron chi connectivity index (χ3n) is 1.23. The molecule has 13 heavy (non-hydrogen) atoms. The minimum absolute atomic E-state index is 0.0275. The number of rotatable bonds is 1. The molecular weight excluding hydrogens is 213 g/mol. The lowest BCUT2D eigenvalue weighted by Crippen LogP contribution is -2.18. The number of nitriles is 1. The highest BCUT2D eigenvalue weighted by Crippen LogP contribution is 2.15. The standard InChI is InChI=1S/C7H3Cl2N3O/c8-5-2-1-4(6(9)12-5)7(13)11-3-10/h1-2H,(H,11,13). The monoisotopic (exact) mass is 215 g/mol. The van der Waals surface area contributed by atoms with Gasteiger partial charge in [0.25, 0.3) is 5.91 Å². The van der Waals surface area contributed by atoms with Gasteiger partial charge in [-0.3, -0.25) is 10.1 Å². The second kappa shape index (κ2) is 4.08. The fourth-order valence-corrected chi connectivity index (χ4v) is 1.13. The van der Waals surface area contributed by atoms with Gasteiger partial charge in [0.05, 0.1) is 5.56 Å². The molecule has 66 valence electrons. The van der Waals surface area contributed by atoms with Crippen LogP contribution < -0.4 is 5.32 Å². The summed E-state index contributed by atoms with van der Waals surface area (Å²) in [7, 11) is 0. The Balaban J connectivity index is 3.03. The van der Waals surface area contributed by atoms with E-state index in [2.05, 4.69) is 4.98 Å². The van der Waals surface area contributed by atoms with Crippen molar-refractivity contribution in [1.82, 2.24) is 10.3 Å². The van der Waals surface area contributed by atoms with Gasteiger partial charge in [0.15, 0.2) is 6.19 Å². The summed E-state index contributed by atoms with van der Waals surface area (Å²) in [4.78, 5) is 14.7. The molecule has 0 aliphatic heterocycles. The van der Waals surface area contributed by atoms with Crippen LogP contribution in [0.15, 0.2) is 12.1 Å². The SMILES string of the molecule is N#CNC(=O)c1ccc(Cl)nc1Cl. The molecule has 0 saturated carbocycles. The minimum Gasteiger partial charge on any atom is -0.268 e. The van der Waals surface area contributed by atoms with E-state index >= 15 is 0 Å². The summed E-state index contributed by atoms with van der Waals surface area (Å²) < 4.78 is 0. The molecule has 1 heterocycles. The number of hydrogen-bond donors (Lipinski definition) is 1. The van der Waals surface area contributed by atoms with E-state index in [-0.39, 0.29) is 15.9 Å². The van der Waals surface area contributed by atoms with Crippen molar-refractivity contribution in [2.45, 2.75) is 0 Å². The Hall–Kier alpha value is -1.31. The van der Waals surface area contributed by atoms with E-state index in [0.29, 0.717) is 0 Å². The molecule has 0 aliphatic rings.